The molecule has 0 saturated carbocycles. The monoisotopic (exact) mass is 218 g/mol. The molecule has 1 aliphatic rings. The Labute approximate surface area is 96.0 Å². The van der Waals surface area contributed by atoms with Gasteiger partial charge in [-0.05, 0) is 30.4 Å². The topological polar surface area (TPSA) is 55.1 Å². The lowest BCUT2D eigenvalue weighted by Crippen LogP contribution is -2.45. The lowest BCUT2D eigenvalue weighted by molar-refractivity contribution is -0.123. The predicted molar refractivity (Wildman–Crippen MR) is 64.0 cm³/mol. The molecule has 86 valence electrons. The van der Waals surface area contributed by atoms with Gasteiger partial charge in [-0.2, -0.15) is 0 Å². The van der Waals surface area contributed by atoms with Crippen molar-refractivity contribution in [2.75, 3.05) is 0 Å². The molecule has 0 unspecified atom stereocenters. The molecule has 3 nitrogen and oxygen atoms in total. The van der Waals surface area contributed by atoms with Gasteiger partial charge < -0.3 is 11.1 Å². The van der Waals surface area contributed by atoms with Gasteiger partial charge in [0.1, 0.15) is 0 Å². The molecule has 0 saturated heterocycles. The molecule has 0 radical (unpaired) electrons. The van der Waals surface area contributed by atoms with Gasteiger partial charge in [0, 0.05) is 6.04 Å². The van der Waals surface area contributed by atoms with Crippen molar-refractivity contribution in [2.45, 2.75) is 38.3 Å². The Kier molecular flexibility index (Phi) is 3.25. The lowest BCUT2D eigenvalue weighted by Gasteiger charge is -2.15. The summed E-state index contributed by atoms with van der Waals surface area (Å²) in [6.07, 6.45) is 2.54. The number of nitrogens with two attached hydrogens (primary N) is 1. The van der Waals surface area contributed by atoms with Crippen LogP contribution < -0.4 is 11.1 Å². The third-order valence-electron chi connectivity index (χ3n) is 3.17. The second kappa shape index (κ2) is 4.66. The van der Waals surface area contributed by atoms with Crippen LogP contribution in [0.3, 0.4) is 0 Å². The number of benzene rings is 1. The van der Waals surface area contributed by atoms with Gasteiger partial charge in [0.15, 0.2) is 0 Å². The molecule has 1 amide bonds. The van der Waals surface area contributed by atoms with E-state index in [1.165, 1.54) is 11.1 Å². The van der Waals surface area contributed by atoms with Crippen LogP contribution in [0, 0.1) is 0 Å². The van der Waals surface area contributed by atoms with Crippen LogP contribution in [0.1, 0.15) is 24.5 Å². The Morgan fingerprint density at radius 1 is 1.44 bits per heavy atom. The van der Waals surface area contributed by atoms with Crippen molar-refractivity contribution >= 4 is 5.91 Å². The zero-order valence-corrected chi connectivity index (χ0v) is 9.57. The van der Waals surface area contributed by atoms with Gasteiger partial charge in [-0.25, -0.2) is 0 Å². The molecule has 0 spiro atoms. The predicted octanol–water partition coefficient (Wildman–Crippen LogP) is 1.01. The van der Waals surface area contributed by atoms with E-state index < -0.39 is 0 Å². The summed E-state index contributed by atoms with van der Waals surface area (Å²) in [4.78, 5) is 11.6. The van der Waals surface area contributed by atoms with Crippen LogP contribution in [-0.2, 0) is 17.6 Å². The van der Waals surface area contributed by atoms with Crippen LogP contribution in [0.2, 0.25) is 0 Å². The molecule has 2 rings (SSSR count). The first kappa shape index (κ1) is 11.1. The summed E-state index contributed by atoms with van der Waals surface area (Å²) in [5.41, 5.74) is 8.38. The molecule has 1 aromatic rings. The molecule has 0 aliphatic heterocycles. The van der Waals surface area contributed by atoms with Crippen molar-refractivity contribution in [2.24, 2.45) is 5.73 Å². The van der Waals surface area contributed by atoms with E-state index in [-0.39, 0.29) is 18.0 Å². The Bertz CT molecular complexity index is 364. The van der Waals surface area contributed by atoms with Gasteiger partial charge in [-0.3, -0.25) is 4.79 Å². The second-order valence-electron chi connectivity index (χ2n) is 4.40. The van der Waals surface area contributed by atoms with Gasteiger partial charge >= 0.3 is 0 Å². The third-order valence-corrected chi connectivity index (χ3v) is 3.17. The highest BCUT2D eigenvalue weighted by molar-refractivity contribution is 5.81. The molecule has 3 N–H and O–H groups in total. The fourth-order valence-electron chi connectivity index (χ4n) is 2.15. The van der Waals surface area contributed by atoms with E-state index in [9.17, 15) is 4.79 Å². The Morgan fingerprint density at radius 3 is 2.50 bits per heavy atom. The average molecular weight is 218 g/mol. The van der Waals surface area contributed by atoms with Gasteiger partial charge in [0.05, 0.1) is 6.04 Å². The summed E-state index contributed by atoms with van der Waals surface area (Å²) >= 11 is 0. The van der Waals surface area contributed by atoms with E-state index in [0.717, 1.165) is 12.8 Å². The lowest BCUT2D eigenvalue weighted by atomic mass is 10.1. The number of hydrogen-bond donors (Lipinski definition) is 2. The van der Waals surface area contributed by atoms with Gasteiger partial charge in [0.25, 0.3) is 0 Å². The highest BCUT2D eigenvalue weighted by Crippen LogP contribution is 2.21. The van der Waals surface area contributed by atoms with Crippen molar-refractivity contribution in [3.8, 4) is 0 Å². The minimum absolute atomic E-state index is 0.0275. The number of fused-ring (bicyclic) bond motifs is 1. The van der Waals surface area contributed by atoms with E-state index in [2.05, 4.69) is 17.4 Å². The molecular formula is C13H18N2O. The number of nitrogens with one attached hydrogen (secondary N) is 1. The average Bonchev–Trinajstić information content (AvgIpc) is 2.69. The number of amides is 1. The quantitative estimate of drug-likeness (QED) is 0.795. The largest absolute Gasteiger partial charge is 0.351 e. The first-order valence-corrected chi connectivity index (χ1v) is 5.83. The van der Waals surface area contributed by atoms with E-state index in [4.69, 9.17) is 5.73 Å². The molecule has 3 heteroatoms. The summed E-state index contributed by atoms with van der Waals surface area (Å²) in [6.45, 7) is 1.92. The van der Waals surface area contributed by atoms with Crippen LogP contribution in [0.25, 0.3) is 0 Å². The molecule has 0 heterocycles. The molecule has 1 aliphatic carbocycles. The molecule has 16 heavy (non-hydrogen) atoms. The minimum Gasteiger partial charge on any atom is -0.351 e. The maximum atomic E-state index is 11.6. The van der Waals surface area contributed by atoms with E-state index in [0.29, 0.717) is 6.42 Å². The van der Waals surface area contributed by atoms with Gasteiger partial charge in [-0.1, -0.05) is 31.2 Å². The first-order chi connectivity index (χ1) is 7.70. The zero-order chi connectivity index (χ0) is 11.5. The van der Waals surface area contributed by atoms with Crippen LogP contribution in [0.4, 0.5) is 0 Å². The minimum atomic E-state index is -0.372. The summed E-state index contributed by atoms with van der Waals surface area (Å²) < 4.78 is 0. The van der Waals surface area contributed by atoms with E-state index in [1.807, 2.05) is 19.1 Å². The molecule has 0 fully saturated rings. The van der Waals surface area contributed by atoms with Crippen molar-refractivity contribution in [3.05, 3.63) is 35.4 Å². The Hall–Kier alpha value is -1.35. The summed E-state index contributed by atoms with van der Waals surface area (Å²) in [6, 6.07) is 8.19. The summed E-state index contributed by atoms with van der Waals surface area (Å²) in [5, 5.41) is 3.01. The summed E-state index contributed by atoms with van der Waals surface area (Å²) in [7, 11) is 0. The van der Waals surface area contributed by atoms with Crippen LogP contribution in [0.5, 0.6) is 0 Å². The van der Waals surface area contributed by atoms with E-state index in [1.54, 1.807) is 0 Å². The van der Waals surface area contributed by atoms with Crippen LogP contribution >= 0.6 is 0 Å². The molecule has 0 bridgehead atoms. The molecule has 0 aromatic heterocycles. The van der Waals surface area contributed by atoms with Crippen molar-refractivity contribution in [1.82, 2.24) is 5.32 Å². The summed E-state index contributed by atoms with van der Waals surface area (Å²) in [5.74, 6) is -0.0275. The van der Waals surface area contributed by atoms with E-state index >= 15 is 0 Å². The SMILES string of the molecule is CC[C@H](N)C(=O)NC1Cc2ccccc2C1. The zero-order valence-electron chi connectivity index (χ0n) is 9.57. The Morgan fingerprint density at radius 2 is 2.00 bits per heavy atom. The molecule has 1 aromatic carbocycles. The standard InChI is InChI=1S/C13H18N2O/c1-2-12(14)13(16)15-11-7-9-5-3-4-6-10(9)8-11/h3-6,11-12H,2,7-8,14H2,1H3,(H,15,16)/t12-/m0/s1. The van der Waals surface area contributed by atoms with Crippen LogP contribution in [-0.4, -0.2) is 18.0 Å². The highest BCUT2D eigenvalue weighted by Gasteiger charge is 2.23. The van der Waals surface area contributed by atoms with Crippen LogP contribution in [0.15, 0.2) is 24.3 Å². The Balaban J connectivity index is 1.95. The molecule has 1 atom stereocenters. The maximum Gasteiger partial charge on any atom is 0.237 e. The fourth-order valence-corrected chi connectivity index (χ4v) is 2.15. The fraction of sp³-hybridized carbons (Fsp3) is 0.462. The smallest absolute Gasteiger partial charge is 0.237 e. The number of rotatable bonds is 3. The van der Waals surface area contributed by atoms with Gasteiger partial charge in [0.2, 0.25) is 5.91 Å². The van der Waals surface area contributed by atoms with Crippen molar-refractivity contribution in [3.63, 3.8) is 0 Å². The normalized spacial score (nSPS) is 16.9. The third kappa shape index (κ3) is 2.25. The maximum absolute atomic E-state index is 11.6. The highest BCUT2D eigenvalue weighted by atomic mass is 16.2. The second-order valence-corrected chi connectivity index (χ2v) is 4.40. The number of carbonyl (C=O) groups is 1. The van der Waals surface area contributed by atoms with Crippen molar-refractivity contribution in [1.29, 1.82) is 0 Å². The van der Waals surface area contributed by atoms with Crippen molar-refractivity contribution < 1.29 is 4.79 Å². The number of hydrogen-bond acceptors (Lipinski definition) is 2. The first-order valence-electron chi connectivity index (χ1n) is 5.83. The van der Waals surface area contributed by atoms with Gasteiger partial charge in [-0.15, -0.1) is 0 Å². The number of carbonyl (C=O) groups excluding carboxylic acids is 1. The molecular weight excluding hydrogens is 200 g/mol.